The fraction of sp³-hybridized carbons (Fsp3) is 0.556. The minimum atomic E-state index is -3.40. The topological polar surface area (TPSA) is 102 Å². The summed E-state index contributed by atoms with van der Waals surface area (Å²) in [7, 11) is -3.40. The van der Waals surface area contributed by atoms with E-state index in [2.05, 4.69) is 10.1 Å². The SMILES string of the molecule is NC1(c2noc(Cc3ccc(S(=O)(=O)N4CCCCC4)cc3)n2)CCC1. The zero-order chi connectivity index (χ0) is 18.2. The quantitative estimate of drug-likeness (QED) is 0.858. The number of nitrogens with zero attached hydrogens (tertiary/aromatic N) is 3. The molecule has 0 atom stereocenters. The number of hydrogen-bond donors (Lipinski definition) is 1. The van der Waals surface area contributed by atoms with Gasteiger partial charge in [0.1, 0.15) is 0 Å². The summed E-state index contributed by atoms with van der Waals surface area (Å²) < 4.78 is 32.3. The first kappa shape index (κ1) is 17.6. The second-order valence-corrected chi connectivity index (χ2v) is 9.24. The van der Waals surface area contributed by atoms with Crippen LogP contribution in [0, 0.1) is 0 Å². The fourth-order valence-electron chi connectivity index (χ4n) is 3.52. The van der Waals surface area contributed by atoms with Crippen molar-refractivity contribution in [2.24, 2.45) is 5.73 Å². The van der Waals surface area contributed by atoms with E-state index in [4.69, 9.17) is 10.3 Å². The van der Waals surface area contributed by atoms with E-state index in [0.717, 1.165) is 44.1 Å². The highest BCUT2D eigenvalue weighted by atomic mass is 32.2. The second kappa shape index (κ2) is 6.75. The molecule has 26 heavy (non-hydrogen) atoms. The van der Waals surface area contributed by atoms with Gasteiger partial charge in [0.25, 0.3) is 0 Å². The maximum Gasteiger partial charge on any atom is 0.243 e. The van der Waals surface area contributed by atoms with E-state index >= 15 is 0 Å². The van der Waals surface area contributed by atoms with E-state index in [1.54, 1.807) is 16.4 Å². The third-order valence-electron chi connectivity index (χ3n) is 5.39. The molecule has 140 valence electrons. The van der Waals surface area contributed by atoms with Crippen LogP contribution in [0.5, 0.6) is 0 Å². The highest BCUT2D eigenvalue weighted by molar-refractivity contribution is 7.89. The molecule has 4 rings (SSSR count). The van der Waals surface area contributed by atoms with Crippen molar-refractivity contribution in [1.82, 2.24) is 14.4 Å². The van der Waals surface area contributed by atoms with Crippen LogP contribution in [0.3, 0.4) is 0 Å². The number of nitrogens with two attached hydrogens (primary N) is 1. The van der Waals surface area contributed by atoms with Crippen molar-refractivity contribution in [3.63, 3.8) is 0 Å². The molecule has 1 aliphatic heterocycles. The Balaban J connectivity index is 1.46. The highest BCUT2D eigenvalue weighted by Gasteiger charge is 2.39. The van der Waals surface area contributed by atoms with Crippen molar-refractivity contribution in [3.8, 4) is 0 Å². The van der Waals surface area contributed by atoms with Gasteiger partial charge in [0, 0.05) is 13.1 Å². The standard InChI is InChI=1S/C18H24N4O3S/c19-18(9-4-10-18)17-20-16(25-21-17)13-14-5-7-15(8-6-14)26(23,24)22-11-2-1-3-12-22/h5-8H,1-4,9-13,19H2. The van der Waals surface area contributed by atoms with Gasteiger partial charge in [-0.2, -0.15) is 9.29 Å². The number of benzene rings is 1. The van der Waals surface area contributed by atoms with Gasteiger partial charge in [-0.3, -0.25) is 0 Å². The average molecular weight is 376 g/mol. The molecule has 0 bridgehead atoms. The van der Waals surface area contributed by atoms with Crippen LogP contribution in [0.15, 0.2) is 33.7 Å². The third-order valence-corrected chi connectivity index (χ3v) is 7.30. The molecule has 0 amide bonds. The lowest BCUT2D eigenvalue weighted by Gasteiger charge is -2.34. The minimum Gasteiger partial charge on any atom is -0.339 e. The van der Waals surface area contributed by atoms with Gasteiger partial charge in [0.15, 0.2) is 5.82 Å². The molecule has 1 aromatic carbocycles. The van der Waals surface area contributed by atoms with Crippen LogP contribution in [-0.2, 0) is 22.0 Å². The summed E-state index contributed by atoms with van der Waals surface area (Å²) in [6, 6.07) is 6.93. The molecular weight excluding hydrogens is 352 g/mol. The molecule has 7 nitrogen and oxygen atoms in total. The first-order valence-corrected chi connectivity index (χ1v) is 10.6. The van der Waals surface area contributed by atoms with Crippen LogP contribution in [0.1, 0.15) is 55.8 Å². The van der Waals surface area contributed by atoms with Crippen LogP contribution in [0.4, 0.5) is 0 Å². The predicted molar refractivity (Wildman–Crippen MR) is 95.9 cm³/mol. The zero-order valence-electron chi connectivity index (χ0n) is 14.7. The first-order chi connectivity index (χ1) is 12.5. The molecule has 2 heterocycles. The Morgan fingerprint density at radius 2 is 1.77 bits per heavy atom. The lowest BCUT2D eigenvalue weighted by Crippen LogP contribution is -2.44. The first-order valence-electron chi connectivity index (χ1n) is 9.18. The van der Waals surface area contributed by atoms with Crippen LogP contribution in [0.2, 0.25) is 0 Å². The summed E-state index contributed by atoms with van der Waals surface area (Å²) in [5.74, 6) is 1.08. The van der Waals surface area contributed by atoms with Gasteiger partial charge in [-0.1, -0.05) is 23.7 Å². The largest absolute Gasteiger partial charge is 0.339 e. The Labute approximate surface area is 153 Å². The Morgan fingerprint density at radius 3 is 2.38 bits per heavy atom. The molecule has 0 radical (unpaired) electrons. The summed E-state index contributed by atoms with van der Waals surface area (Å²) in [5.41, 5.74) is 6.70. The van der Waals surface area contributed by atoms with E-state index in [1.165, 1.54) is 0 Å². The lowest BCUT2D eigenvalue weighted by atomic mass is 9.77. The Kier molecular flexibility index (Phi) is 4.58. The summed E-state index contributed by atoms with van der Waals surface area (Å²) >= 11 is 0. The predicted octanol–water partition coefficient (Wildman–Crippen LogP) is 2.17. The van der Waals surface area contributed by atoms with Crippen molar-refractivity contribution in [2.45, 2.75) is 55.4 Å². The minimum absolute atomic E-state index is 0.338. The van der Waals surface area contributed by atoms with Crippen molar-refractivity contribution >= 4 is 10.0 Å². The molecular formula is C18H24N4O3S. The van der Waals surface area contributed by atoms with Crippen molar-refractivity contribution < 1.29 is 12.9 Å². The van der Waals surface area contributed by atoms with Crippen LogP contribution < -0.4 is 5.73 Å². The van der Waals surface area contributed by atoms with Crippen molar-refractivity contribution in [1.29, 1.82) is 0 Å². The average Bonchev–Trinajstić information content (AvgIpc) is 3.10. The molecule has 1 aromatic heterocycles. The fourth-order valence-corrected chi connectivity index (χ4v) is 5.04. The third kappa shape index (κ3) is 3.28. The molecule has 2 N–H and O–H groups in total. The van der Waals surface area contributed by atoms with E-state index in [0.29, 0.717) is 36.1 Å². The van der Waals surface area contributed by atoms with E-state index in [9.17, 15) is 8.42 Å². The van der Waals surface area contributed by atoms with Gasteiger partial charge in [-0.25, -0.2) is 8.42 Å². The molecule has 1 saturated carbocycles. The van der Waals surface area contributed by atoms with Crippen molar-refractivity contribution in [3.05, 3.63) is 41.5 Å². The van der Waals surface area contributed by atoms with Gasteiger partial charge in [-0.15, -0.1) is 0 Å². The molecule has 2 aliphatic rings. The van der Waals surface area contributed by atoms with Crippen LogP contribution >= 0.6 is 0 Å². The maximum absolute atomic E-state index is 12.7. The Bertz CT molecular complexity index is 866. The molecule has 2 fully saturated rings. The second-order valence-electron chi connectivity index (χ2n) is 7.31. The number of piperidine rings is 1. The molecule has 2 aromatic rings. The van der Waals surface area contributed by atoms with Gasteiger partial charge in [0.05, 0.1) is 16.9 Å². The number of sulfonamides is 1. The van der Waals surface area contributed by atoms with Crippen molar-refractivity contribution in [2.75, 3.05) is 13.1 Å². The van der Waals surface area contributed by atoms with Gasteiger partial charge >= 0.3 is 0 Å². The smallest absolute Gasteiger partial charge is 0.243 e. The zero-order valence-corrected chi connectivity index (χ0v) is 15.5. The molecule has 1 saturated heterocycles. The monoisotopic (exact) mass is 376 g/mol. The number of hydrogen-bond acceptors (Lipinski definition) is 6. The molecule has 0 unspecified atom stereocenters. The summed E-state index contributed by atoms with van der Waals surface area (Å²) in [6.07, 6.45) is 6.28. The van der Waals surface area contributed by atoms with Gasteiger partial charge < -0.3 is 10.3 Å². The van der Waals surface area contributed by atoms with E-state index < -0.39 is 15.6 Å². The molecule has 0 spiro atoms. The van der Waals surface area contributed by atoms with Crippen LogP contribution in [0.25, 0.3) is 0 Å². The summed E-state index contributed by atoms with van der Waals surface area (Å²) in [5, 5.41) is 4.01. The highest BCUT2D eigenvalue weighted by Crippen LogP contribution is 2.37. The van der Waals surface area contributed by atoms with Crippen LogP contribution in [-0.4, -0.2) is 36.0 Å². The van der Waals surface area contributed by atoms with E-state index in [-0.39, 0.29) is 0 Å². The molecule has 1 aliphatic carbocycles. The summed E-state index contributed by atoms with van der Waals surface area (Å²) in [6.45, 7) is 1.21. The van der Waals surface area contributed by atoms with Gasteiger partial charge in [0.2, 0.25) is 15.9 Å². The van der Waals surface area contributed by atoms with Gasteiger partial charge in [-0.05, 0) is 49.8 Å². The van der Waals surface area contributed by atoms with E-state index in [1.807, 2.05) is 12.1 Å². The lowest BCUT2D eigenvalue weighted by molar-refractivity contribution is 0.229. The number of aromatic nitrogens is 2. The maximum atomic E-state index is 12.7. The Hall–Kier alpha value is -1.77. The Morgan fingerprint density at radius 1 is 1.08 bits per heavy atom. The molecule has 8 heteroatoms. The normalized spacial score (nSPS) is 20.7. The number of rotatable bonds is 5. The summed E-state index contributed by atoms with van der Waals surface area (Å²) in [4.78, 5) is 4.75.